The van der Waals surface area contributed by atoms with E-state index in [4.69, 9.17) is 140 Å². The molecule has 0 saturated heterocycles. The molecule has 0 aromatic rings. The Balaban J connectivity index is 3.67. The minimum absolute atomic E-state index is 0.328. The molecule has 0 spiro atoms. The fraction of sp³-hybridized carbons (Fsp3) is 1.00. The van der Waals surface area contributed by atoms with Crippen LogP contribution in [0.4, 0.5) is 0 Å². The molecule has 0 bridgehead atoms. The number of alkyl halides is 10. The predicted octanol–water partition coefficient (Wildman–Crippen LogP) is 6.85. The van der Waals surface area contributed by atoms with Crippen LogP contribution in [0.3, 0.4) is 0 Å². The summed E-state index contributed by atoms with van der Waals surface area (Å²) in [7, 11) is 0. The van der Waals surface area contributed by atoms with Crippen LogP contribution in [0.1, 0.15) is 0 Å². The first-order valence-electron chi connectivity index (χ1n) is 4.06. The van der Waals surface area contributed by atoms with Gasteiger partial charge in [-0.15, -0.1) is 15.5 Å². The molecule has 1 nitrogen and oxygen atoms in total. The summed E-state index contributed by atoms with van der Waals surface area (Å²) in [6.07, 6.45) is 0. The first kappa shape index (κ1) is 20.5. The van der Waals surface area contributed by atoms with Gasteiger partial charge in [0.15, 0.2) is 22.3 Å². The number of hydrogen-bond donors (Lipinski definition) is 0. The molecule has 1 aliphatic carbocycles. The molecular weight excluding hydrogens is 512 g/mol. The third kappa shape index (κ3) is 2.46. The van der Waals surface area contributed by atoms with Crippen LogP contribution in [-0.2, 0) is 0 Å². The molecule has 0 heterocycles. The second-order valence-electron chi connectivity index (χ2n) is 3.61. The van der Waals surface area contributed by atoms with Gasteiger partial charge in [-0.1, -0.05) is 104 Å². The van der Waals surface area contributed by atoms with Crippen molar-refractivity contribution in [3.8, 4) is 0 Å². The summed E-state index contributed by atoms with van der Waals surface area (Å²) >= 11 is 71.6. The highest BCUT2D eigenvalue weighted by Gasteiger charge is 2.84. The maximum Gasteiger partial charge on any atom is 0.190 e. The van der Waals surface area contributed by atoms with Gasteiger partial charge in [-0.25, -0.2) is 0 Å². The van der Waals surface area contributed by atoms with Crippen molar-refractivity contribution < 1.29 is 0 Å². The lowest BCUT2D eigenvalue weighted by molar-refractivity contribution is 0.257. The molecule has 0 amide bonds. The van der Waals surface area contributed by atoms with E-state index in [0.29, 0.717) is 3.94 Å². The standard InChI is InChI=1S/C6HCl12N/c7-1-2(8,9)4(11,12)6(15,16)5(13,14)3(1,10)19(17)18/h1H. The molecule has 0 radical (unpaired) electrons. The zero-order chi connectivity index (χ0) is 15.7. The fourth-order valence-electron chi connectivity index (χ4n) is 1.38. The third-order valence-corrected chi connectivity index (χ3v) is 10.7. The monoisotopic (exact) mass is 507 g/mol. The Hall–Kier alpha value is 3.44. The van der Waals surface area contributed by atoms with Crippen molar-refractivity contribution in [1.82, 2.24) is 3.94 Å². The Morgan fingerprint density at radius 2 is 1.00 bits per heavy atom. The van der Waals surface area contributed by atoms with E-state index in [1.807, 2.05) is 0 Å². The second-order valence-corrected chi connectivity index (χ2v) is 10.8. The van der Waals surface area contributed by atoms with Crippen molar-refractivity contribution in [2.45, 2.75) is 27.7 Å². The molecule has 1 saturated carbocycles. The van der Waals surface area contributed by atoms with Crippen molar-refractivity contribution in [3.63, 3.8) is 0 Å². The summed E-state index contributed by atoms with van der Waals surface area (Å²) in [5.41, 5.74) is 0. The van der Waals surface area contributed by atoms with Crippen LogP contribution >= 0.6 is 140 Å². The van der Waals surface area contributed by atoms with Crippen LogP contribution < -0.4 is 0 Å². The van der Waals surface area contributed by atoms with Gasteiger partial charge in [0.2, 0.25) is 0 Å². The maximum absolute atomic E-state index is 6.16. The van der Waals surface area contributed by atoms with Gasteiger partial charge < -0.3 is 0 Å². The highest BCUT2D eigenvalue weighted by Crippen LogP contribution is 2.73. The predicted molar refractivity (Wildman–Crippen MR) is 89.5 cm³/mol. The van der Waals surface area contributed by atoms with E-state index in [1.165, 1.54) is 0 Å². The van der Waals surface area contributed by atoms with Crippen LogP contribution in [0.25, 0.3) is 0 Å². The van der Waals surface area contributed by atoms with E-state index in [-0.39, 0.29) is 0 Å². The van der Waals surface area contributed by atoms with Gasteiger partial charge >= 0.3 is 0 Å². The molecule has 114 valence electrons. The van der Waals surface area contributed by atoms with Crippen molar-refractivity contribution in [3.05, 3.63) is 0 Å². The van der Waals surface area contributed by atoms with E-state index < -0.39 is 27.7 Å². The Morgan fingerprint density at radius 3 is 1.32 bits per heavy atom. The number of hydrogen-bond acceptors (Lipinski definition) is 1. The Bertz CT molecular complexity index is 376. The molecule has 0 aromatic carbocycles. The lowest BCUT2D eigenvalue weighted by atomic mass is 9.90. The zero-order valence-electron chi connectivity index (χ0n) is 8.06. The van der Waals surface area contributed by atoms with Crippen molar-refractivity contribution >= 4 is 140 Å². The van der Waals surface area contributed by atoms with E-state index >= 15 is 0 Å². The number of nitrogens with zero attached hydrogens (tertiary/aromatic N) is 1. The summed E-state index contributed by atoms with van der Waals surface area (Å²) < 4.78 is -8.90. The van der Waals surface area contributed by atoms with Gasteiger partial charge in [-0.05, 0) is 23.6 Å². The first-order valence-corrected chi connectivity index (χ1v) is 8.57. The smallest absolute Gasteiger partial charge is 0.116 e. The third-order valence-electron chi connectivity index (χ3n) is 2.55. The van der Waals surface area contributed by atoms with Gasteiger partial charge in [-0.3, -0.25) is 0 Å². The molecule has 2 unspecified atom stereocenters. The number of halogens is 12. The maximum atomic E-state index is 6.16. The summed E-state index contributed by atoms with van der Waals surface area (Å²) in [5, 5.41) is -1.56. The first-order chi connectivity index (χ1) is 8.10. The molecule has 19 heavy (non-hydrogen) atoms. The van der Waals surface area contributed by atoms with E-state index in [9.17, 15) is 0 Å². The summed E-state index contributed by atoms with van der Waals surface area (Å²) in [4.78, 5) is -2.21. The summed E-state index contributed by atoms with van der Waals surface area (Å²) in [5.74, 6) is 0. The van der Waals surface area contributed by atoms with Gasteiger partial charge in [0.05, 0.1) is 0 Å². The molecule has 1 fully saturated rings. The molecule has 1 aliphatic rings. The van der Waals surface area contributed by atoms with Crippen molar-refractivity contribution in [2.24, 2.45) is 0 Å². The molecule has 0 aliphatic heterocycles. The minimum atomic E-state index is -2.38. The molecule has 0 aromatic heterocycles. The SMILES string of the molecule is ClC1C(Cl)(Cl)C(Cl)(Cl)C(Cl)(Cl)C(Cl)(Cl)C1(Cl)N(Cl)Cl. The summed E-state index contributed by atoms with van der Waals surface area (Å²) in [6, 6.07) is 0. The van der Waals surface area contributed by atoms with Crippen LogP contribution in [-0.4, -0.2) is 31.6 Å². The van der Waals surface area contributed by atoms with Crippen molar-refractivity contribution in [1.29, 1.82) is 0 Å². The minimum Gasteiger partial charge on any atom is -0.116 e. The summed E-state index contributed by atoms with van der Waals surface area (Å²) in [6.45, 7) is 0. The largest absolute Gasteiger partial charge is 0.190 e. The van der Waals surface area contributed by atoms with E-state index in [1.54, 1.807) is 0 Å². The van der Waals surface area contributed by atoms with Gasteiger partial charge in [0, 0.05) is 0 Å². The molecule has 0 N–H and O–H groups in total. The Kier molecular flexibility index (Phi) is 6.21. The van der Waals surface area contributed by atoms with Crippen LogP contribution in [0, 0.1) is 0 Å². The van der Waals surface area contributed by atoms with Crippen molar-refractivity contribution in [2.75, 3.05) is 0 Å². The van der Waals surface area contributed by atoms with Gasteiger partial charge in [-0.2, -0.15) is 0 Å². The molecular formula is C6HCl12N. The average molecular weight is 513 g/mol. The fourth-order valence-corrected chi connectivity index (χ4v) is 6.01. The van der Waals surface area contributed by atoms with Crippen LogP contribution in [0.15, 0.2) is 0 Å². The second kappa shape index (κ2) is 5.76. The lowest BCUT2D eigenvalue weighted by Gasteiger charge is -2.60. The van der Waals surface area contributed by atoms with E-state index in [2.05, 4.69) is 0 Å². The number of rotatable bonds is 1. The Labute approximate surface area is 169 Å². The van der Waals surface area contributed by atoms with E-state index in [0.717, 1.165) is 0 Å². The average Bonchev–Trinajstić information content (AvgIpc) is 2.24. The molecule has 13 heteroatoms. The quantitative estimate of drug-likeness (QED) is 0.211. The topological polar surface area (TPSA) is 3.24 Å². The van der Waals surface area contributed by atoms with Gasteiger partial charge in [0.25, 0.3) is 0 Å². The molecule has 1 rings (SSSR count). The highest BCUT2D eigenvalue weighted by molar-refractivity contribution is 6.77. The van der Waals surface area contributed by atoms with Crippen LogP contribution in [0.5, 0.6) is 0 Å². The van der Waals surface area contributed by atoms with Crippen LogP contribution in [0.2, 0.25) is 0 Å². The van der Waals surface area contributed by atoms with Gasteiger partial charge in [0.1, 0.15) is 5.38 Å². The Morgan fingerprint density at radius 1 is 0.632 bits per heavy atom. The normalized spacial score (nSPS) is 39.3. The lowest BCUT2D eigenvalue weighted by Crippen LogP contribution is -2.78. The highest BCUT2D eigenvalue weighted by atomic mass is 35.6. The zero-order valence-corrected chi connectivity index (χ0v) is 17.1. The molecule has 2 atom stereocenters.